The zero-order valence-electron chi connectivity index (χ0n) is 11.8. The van der Waals surface area contributed by atoms with Gasteiger partial charge in [0.05, 0.1) is 5.92 Å². The molecule has 1 fully saturated rings. The molecule has 1 amide bonds. The fourth-order valence-corrected chi connectivity index (χ4v) is 2.87. The van der Waals surface area contributed by atoms with Crippen LogP contribution in [0.15, 0.2) is 33.6 Å². The third-order valence-electron chi connectivity index (χ3n) is 3.26. The largest absolute Gasteiger partial charge is 0.455 e. The highest BCUT2D eigenvalue weighted by molar-refractivity contribution is 9.10. The van der Waals surface area contributed by atoms with Gasteiger partial charge in [0.25, 0.3) is 5.91 Å². The second kappa shape index (κ2) is 7.84. The molecule has 0 saturated heterocycles. The van der Waals surface area contributed by atoms with Crippen LogP contribution in [0.4, 0.5) is 0 Å². The van der Waals surface area contributed by atoms with Crippen molar-refractivity contribution >= 4 is 39.6 Å². The first-order valence-electron chi connectivity index (χ1n) is 6.88. The minimum Gasteiger partial charge on any atom is -0.455 e. The van der Waals surface area contributed by atoms with Crippen LogP contribution in [-0.2, 0) is 14.3 Å². The van der Waals surface area contributed by atoms with Gasteiger partial charge in [0.2, 0.25) is 0 Å². The van der Waals surface area contributed by atoms with Crippen molar-refractivity contribution in [2.24, 2.45) is 11.8 Å². The number of halogens is 1. The molecule has 6 heteroatoms. The van der Waals surface area contributed by atoms with Gasteiger partial charge in [-0.3, -0.25) is 9.59 Å². The first-order chi connectivity index (χ1) is 10.1. The van der Waals surface area contributed by atoms with Crippen molar-refractivity contribution in [1.29, 1.82) is 0 Å². The van der Waals surface area contributed by atoms with Gasteiger partial charge in [-0.1, -0.05) is 22.9 Å². The number of hydrogen-bond acceptors (Lipinski definition) is 4. The maximum Gasteiger partial charge on any atom is 0.309 e. The lowest BCUT2D eigenvalue weighted by Crippen LogP contribution is -2.30. The van der Waals surface area contributed by atoms with Crippen LogP contribution in [-0.4, -0.2) is 30.8 Å². The van der Waals surface area contributed by atoms with Crippen molar-refractivity contribution in [1.82, 2.24) is 5.32 Å². The molecule has 0 aliphatic heterocycles. The van der Waals surface area contributed by atoms with Gasteiger partial charge in [0.1, 0.15) is 0 Å². The summed E-state index contributed by atoms with van der Waals surface area (Å²) >= 11 is 5.05. The Morgan fingerprint density at radius 3 is 2.67 bits per heavy atom. The summed E-state index contributed by atoms with van der Waals surface area (Å²) in [6.07, 6.45) is 0.879. The fraction of sp³-hybridized carbons (Fsp3) is 0.467. The van der Waals surface area contributed by atoms with Crippen LogP contribution >= 0.6 is 27.7 Å². The van der Waals surface area contributed by atoms with Crippen LogP contribution in [0.25, 0.3) is 0 Å². The van der Waals surface area contributed by atoms with Crippen LogP contribution in [0.3, 0.4) is 0 Å². The number of carbonyl (C=O) groups excluding carboxylic acids is 2. The summed E-state index contributed by atoms with van der Waals surface area (Å²) in [5, 5.41) is 2.74. The number of ether oxygens (including phenoxy) is 1. The standard InChI is InChI=1S/C15H18BrNO3S/c1-10-8-13(10)15(19)20-9-14(18)17-6-7-21-12-4-2-11(16)3-5-12/h2-5,10,13H,6-9H2,1H3,(H,17,18)/t10-,13+/m0/s1. The van der Waals surface area contributed by atoms with E-state index in [2.05, 4.69) is 21.2 Å². The lowest BCUT2D eigenvalue weighted by atomic mass is 10.3. The van der Waals surface area contributed by atoms with Crippen molar-refractivity contribution in [2.45, 2.75) is 18.2 Å². The molecule has 1 aromatic carbocycles. The number of hydrogen-bond donors (Lipinski definition) is 1. The third-order valence-corrected chi connectivity index (χ3v) is 4.81. The molecule has 114 valence electrons. The van der Waals surface area contributed by atoms with Gasteiger partial charge in [0.15, 0.2) is 6.61 Å². The van der Waals surface area contributed by atoms with E-state index < -0.39 is 0 Å². The second-order valence-electron chi connectivity index (χ2n) is 5.08. The Morgan fingerprint density at radius 2 is 2.05 bits per heavy atom. The number of carbonyl (C=O) groups is 2. The number of rotatable bonds is 7. The van der Waals surface area contributed by atoms with Crippen molar-refractivity contribution in [3.8, 4) is 0 Å². The van der Waals surface area contributed by atoms with Crippen LogP contribution in [0.2, 0.25) is 0 Å². The van der Waals surface area contributed by atoms with E-state index in [-0.39, 0.29) is 24.4 Å². The van der Waals surface area contributed by atoms with Crippen molar-refractivity contribution < 1.29 is 14.3 Å². The quantitative estimate of drug-likeness (QED) is 0.454. The summed E-state index contributed by atoms with van der Waals surface area (Å²) in [5.74, 6) is 0.699. The SMILES string of the molecule is C[C@H]1C[C@H]1C(=O)OCC(=O)NCCSc1ccc(Br)cc1. The van der Waals surface area contributed by atoms with Gasteiger partial charge in [-0.15, -0.1) is 11.8 Å². The van der Waals surface area contributed by atoms with E-state index in [0.29, 0.717) is 12.5 Å². The maximum atomic E-state index is 11.5. The molecule has 2 rings (SSSR count). The minimum absolute atomic E-state index is 0.00533. The van der Waals surface area contributed by atoms with Gasteiger partial charge in [-0.25, -0.2) is 0 Å². The number of amides is 1. The van der Waals surface area contributed by atoms with Gasteiger partial charge >= 0.3 is 5.97 Å². The summed E-state index contributed by atoms with van der Waals surface area (Å²) in [5.41, 5.74) is 0. The molecular weight excluding hydrogens is 354 g/mol. The first-order valence-corrected chi connectivity index (χ1v) is 8.66. The fourth-order valence-electron chi connectivity index (χ4n) is 1.84. The lowest BCUT2D eigenvalue weighted by molar-refractivity contribution is -0.150. The van der Waals surface area contributed by atoms with Gasteiger partial charge < -0.3 is 10.1 Å². The van der Waals surface area contributed by atoms with Crippen molar-refractivity contribution in [3.05, 3.63) is 28.7 Å². The first kappa shape index (κ1) is 16.4. The zero-order valence-corrected chi connectivity index (χ0v) is 14.2. The Kier molecular flexibility index (Phi) is 6.11. The van der Waals surface area contributed by atoms with E-state index in [9.17, 15) is 9.59 Å². The van der Waals surface area contributed by atoms with E-state index in [1.165, 1.54) is 0 Å². The minimum atomic E-state index is -0.248. The Hall–Kier alpha value is -1.01. The Balaban J connectivity index is 1.54. The molecule has 0 radical (unpaired) electrons. The summed E-state index contributed by atoms with van der Waals surface area (Å²) in [7, 11) is 0. The lowest BCUT2D eigenvalue weighted by Gasteiger charge is -2.06. The highest BCUT2D eigenvalue weighted by Crippen LogP contribution is 2.38. The molecule has 1 saturated carbocycles. The van der Waals surface area contributed by atoms with Crippen LogP contribution in [0.1, 0.15) is 13.3 Å². The van der Waals surface area contributed by atoms with Crippen LogP contribution in [0.5, 0.6) is 0 Å². The Bertz CT molecular complexity index is 506. The maximum absolute atomic E-state index is 11.5. The third kappa shape index (κ3) is 5.71. The average Bonchev–Trinajstić information content (AvgIpc) is 3.20. The summed E-state index contributed by atoms with van der Waals surface area (Å²) < 4.78 is 6.01. The van der Waals surface area contributed by atoms with Crippen molar-refractivity contribution in [3.63, 3.8) is 0 Å². The monoisotopic (exact) mass is 371 g/mol. The molecule has 21 heavy (non-hydrogen) atoms. The molecule has 0 heterocycles. The second-order valence-corrected chi connectivity index (χ2v) is 7.16. The molecule has 0 spiro atoms. The van der Waals surface area contributed by atoms with E-state index in [1.807, 2.05) is 31.2 Å². The predicted molar refractivity (Wildman–Crippen MR) is 86.1 cm³/mol. The van der Waals surface area contributed by atoms with Crippen LogP contribution in [0, 0.1) is 11.8 Å². The molecule has 1 aliphatic rings. The average molecular weight is 372 g/mol. The molecule has 4 nitrogen and oxygen atoms in total. The van der Waals surface area contributed by atoms with E-state index in [4.69, 9.17) is 4.74 Å². The van der Waals surface area contributed by atoms with Gasteiger partial charge in [-0.05, 0) is 36.6 Å². The highest BCUT2D eigenvalue weighted by Gasteiger charge is 2.40. The summed E-state index contributed by atoms with van der Waals surface area (Å²) in [4.78, 5) is 24.1. The summed E-state index contributed by atoms with van der Waals surface area (Å²) in [6.45, 7) is 2.38. The van der Waals surface area contributed by atoms with Crippen LogP contribution < -0.4 is 5.32 Å². The zero-order chi connectivity index (χ0) is 15.2. The number of nitrogens with one attached hydrogen (secondary N) is 1. The molecule has 1 aliphatic carbocycles. The molecule has 1 N–H and O–H groups in total. The van der Waals surface area contributed by atoms with E-state index in [1.54, 1.807) is 11.8 Å². The van der Waals surface area contributed by atoms with Gasteiger partial charge in [0, 0.05) is 21.7 Å². The van der Waals surface area contributed by atoms with Gasteiger partial charge in [-0.2, -0.15) is 0 Å². The molecule has 0 bridgehead atoms. The number of esters is 1. The number of benzene rings is 1. The topological polar surface area (TPSA) is 55.4 Å². The van der Waals surface area contributed by atoms with E-state index >= 15 is 0 Å². The number of thioether (sulfide) groups is 1. The molecule has 1 aromatic rings. The molecule has 2 atom stereocenters. The molecule has 0 unspecified atom stereocenters. The summed E-state index contributed by atoms with van der Waals surface area (Å²) in [6, 6.07) is 8.02. The van der Waals surface area contributed by atoms with Crippen molar-refractivity contribution in [2.75, 3.05) is 18.9 Å². The Morgan fingerprint density at radius 1 is 1.38 bits per heavy atom. The normalized spacial score (nSPS) is 19.9. The van der Waals surface area contributed by atoms with E-state index in [0.717, 1.165) is 21.5 Å². The highest BCUT2D eigenvalue weighted by atomic mass is 79.9. The predicted octanol–water partition coefficient (Wildman–Crippen LogP) is 2.86. The smallest absolute Gasteiger partial charge is 0.309 e. The molecule has 0 aromatic heterocycles. The Labute approximate surface area is 137 Å². The molecular formula is C15H18BrNO3S.